The molecule has 2 atom stereocenters. The van der Waals surface area contributed by atoms with E-state index in [1.807, 2.05) is 42.8 Å². The van der Waals surface area contributed by atoms with Crippen LogP contribution in [-0.2, 0) is 26.0 Å². The minimum absolute atomic E-state index is 0.00828. The van der Waals surface area contributed by atoms with Crippen LogP contribution in [0.3, 0.4) is 0 Å². The molecule has 18 heteroatoms. The zero-order chi connectivity index (χ0) is 49.3. The lowest BCUT2D eigenvalue weighted by Crippen LogP contribution is -2.64. The highest BCUT2D eigenvalue weighted by molar-refractivity contribution is 7.90. The molecule has 6 fully saturated rings. The van der Waals surface area contributed by atoms with Crippen LogP contribution in [0.25, 0.3) is 21.3 Å². The van der Waals surface area contributed by atoms with Gasteiger partial charge in [0, 0.05) is 61.8 Å². The van der Waals surface area contributed by atoms with Gasteiger partial charge in [0.25, 0.3) is 15.9 Å². The van der Waals surface area contributed by atoms with Crippen molar-refractivity contribution < 1.29 is 27.5 Å². The number of anilines is 3. The number of nitrogens with zero attached hydrogens (tertiary/aromatic N) is 8. The summed E-state index contributed by atoms with van der Waals surface area (Å²) in [5.74, 6) is -0.505. The molecule has 0 spiro atoms. The van der Waals surface area contributed by atoms with E-state index in [2.05, 4.69) is 60.8 Å². The van der Waals surface area contributed by atoms with Crippen molar-refractivity contribution >= 4 is 59.9 Å². The molecule has 4 aromatic heterocycles. The van der Waals surface area contributed by atoms with Gasteiger partial charge in [0.1, 0.15) is 17.1 Å². The van der Waals surface area contributed by atoms with Crippen molar-refractivity contribution in [2.75, 3.05) is 62.8 Å². The molecule has 1 amide bonds. The third-order valence-corrected chi connectivity index (χ3v) is 18.1. The van der Waals surface area contributed by atoms with Crippen molar-refractivity contribution in [2.45, 2.75) is 96.6 Å². The summed E-state index contributed by atoms with van der Waals surface area (Å²) in [5, 5.41) is 17.4. The number of ether oxygens (including phenoxy) is 2. The van der Waals surface area contributed by atoms with Crippen molar-refractivity contribution in [3.8, 4) is 11.1 Å². The number of para-hydroxylation sites is 1. The molecule has 0 radical (unpaired) electrons. The molecule has 4 bridgehead atoms. The molecule has 2 aliphatic heterocycles. The molecule has 16 nitrogen and oxygen atoms in total. The van der Waals surface area contributed by atoms with Crippen molar-refractivity contribution in [2.24, 2.45) is 22.2 Å². The summed E-state index contributed by atoms with van der Waals surface area (Å²) in [6.07, 6.45) is 9.20. The minimum Gasteiger partial charge on any atom is -0.379 e. The largest absolute Gasteiger partial charge is 0.379 e. The maximum absolute atomic E-state index is 14.5. The van der Waals surface area contributed by atoms with E-state index in [-0.39, 0.29) is 43.8 Å². The highest BCUT2D eigenvalue weighted by Gasteiger charge is 2.66. The van der Waals surface area contributed by atoms with E-state index >= 15 is 0 Å². The van der Waals surface area contributed by atoms with Crippen LogP contribution in [0, 0.1) is 36.0 Å². The number of ketones is 1. The van der Waals surface area contributed by atoms with E-state index in [9.17, 15) is 18.0 Å². The number of pyridine rings is 1. The summed E-state index contributed by atoms with van der Waals surface area (Å²) in [4.78, 5) is 42.6. The van der Waals surface area contributed by atoms with Crippen LogP contribution in [0.15, 0.2) is 77.8 Å². The number of fused-ring (bicyclic) bond motifs is 1. The molecule has 372 valence electrons. The molecule has 6 heterocycles. The normalized spacial score (nSPS) is 25.4. The molecule has 71 heavy (non-hydrogen) atoms. The third kappa shape index (κ3) is 9.37. The van der Waals surface area contributed by atoms with Crippen LogP contribution in [0.1, 0.15) is 104 Å². The van der Waals surface area contributed by atoms with Gasteiger partial charge in [-0.2, -0.15) is 5.10 Å². The summed E-state index contributed by atoms with van der Waals surface area (Å²) in [7, 11) is -4.37. The molecule has 2 N–H and O–H groups in total. The Hall–Kier alpha value is -5.66. The number of benzene rings is 2. The topological polar surface area (TPSA) is 187 Å². The first-order valence-corrected chi connectivity index (χ1v) is 27.2. The van der Waals surface area contributed by atoms with Gasteiger partial charge in [-0.25, -0.2) is 23.1 Å². The van der Waals surface area contributed by atoms with Gasteiger partial charge in [-0.3, -0.25) is 19.2 Å². The average Bonchev–Trinajstić information content (AvgIpc) is 3.89. The third-order valence-electron chi connectivity index (χ3n) is 15.8. The quantitative estimate of drug-likeness (QED) is 0.0881. The van der Waals surface area contributed by atoms with Crippen LogP contribution in [0.2, 0.25) is 0 Å². The molecule has 12 rings (SSSR count). The zero-order valence-corrected chi connectivity index (χ0v) is 42.8. The number of morpholine rings is 1. The minimum atomic E-state index is -4.37. The van der Waals surface area contributed by atoms with Crippen LogP contribution < -0.4 is 14.9 Å². The van der Waals surface area contributed by atoms with Gasteiger partial charge < -0.3 is 19.7 Å². The lowest BCUT2D eigenvalue weighted by Gasteiger charge is -2.69. The van der Waals surface area contributed by atoms with Crippen LogP contribution >= 0.6 is 11.3 Å². The Morgan fingerprint density at radius 1 is 0.873 bits per heavy atom. The Labute approximate surface area is 419 Å². The Bertz CT molecular complexity index is 3090. The number of aromatic nitrogens is 6. The monoisotopic (exact) mass is 998 g/mol. The van der Waals surface area contributed by atoms with Crippen molar-refractivity contribution in [3.05, 3.63) is 101 Å². The SMILES string of the molecule is CCC1CN(c2ccc(S(=O)(=O)NC(=O)c3nc(C(=O)c4cc(C)c(Nc5nc6ccccc6s5)nn4)ccc3-c3cnn(CC45CC6(C)CC(C)(C4)CC(OCCN4CCOCC4)(C6)C5)c3C)cc2)C1. The van der Waals surface area contributed by atoms with E-state index < -0.39 is 21.7 Å². The second kappa shape index (κ2) is 18.1. The molecule has 2 aromatic carbocycles. The Balaban J connectivity index is 0.882. The first kappa shape index (κ1) is 47.7. The molecule has 6 aliphatic rings. The van der Waals surface area contributed by atoms with Gasteiger partial charge in [-0.15, -0.1) is 10.2 Å². The van der Waals surface area contributed by atoms with Gasteiger partial charge in [-0.1, -0.05) is 44.2 Å². The van der Waals surface area contributed by atoms with Crippen LogP contribution in [-0.4, -0.2) is 113 Å². The fourth-order valence-electron chi connectivity index (χ4n) is 13.5. The highest BCUT2D eigenvalue weighted by atomic mass is 32.2. The molecule has 2 saturated heterocycles. The van der Waals surface area contributed by atoms with E-state index in [0.717, 1.165) is 106 Å². The zero-order valence-electron chi connectivity index (χ0n) is 41.2. The maximum atomic E-state index is 14.5. The van der Waals surface area contributed by atoms with Crippen molar-refractivity contribution in [1.29, 1.82) is 0 Å². The van der Waals surface area contributed by atoms with Crippen molar-refractivity contribution in [1.82, 2.24) is 39.6 Å². The Morgan fingerprint density at radius 2 is 1.62 bits per heavy atom. The lowest BCUT2D eigenvalue weighted by molar-refractivity contribution is -0.249. The smallest absolute Gasteiger partial charge is 0.284 e. The molecule has 6 aromatic rings. The summed E-state index contributed by atoms with van der Waals surface area (Å²) in [6.45, 7) is 18.3. The van der Waals surface area contributed by atoms with Gasteiger partial charge in [0.15, 0.2) is 10.9 Å². The Morgan fingerprint density at radius 3 is 2.34 bits per heavy atom. The first-order valence-electron chi connectivity index (χ1n) is 24.9. The van der Waals surface area contributed by atoms with Gasteiger partial charge >= 0.3 is 0 Å². The van der Waals surface area contributed by atoms with Crippen LogP contribution in [0.4, 0.5) is 16.6 Å². The molecule has 4 saturated carbocycles. The van der Waals surface area contributed by atoms with Crippen LogP contribution in [0.5, 0.6) is 0 Å². The van der Waals surface area contributed by atoms with Gasteiger partial charge in [0.2, 0.25) is 5.78 Å². The fraction of sp³-hybridized carbons (Fsp3) is 0.491. The van der Waals surface area contributed by atoms with Gasteiger partial charge in [0.05, 0.1) is 46.7 Å². The molecule has 4 aliphatic carbocycles. The number of hydrogen-bond acceptors (Lipinski definition) is 15. The number of carbonyl (C=O) groups is 2. The first-order chi connectivity index (χ1) is 34.0. The number of amides is 1. The molecule has 2 unspecified atom stereocenters. The number of nitrogens with one attached hydrogen (secondary N) is 2. The van der Waals surface area contributed by atoms with E-state index in [4.69, 9.17) is 14.6 Å². The van der Waals surface area contributed by atoms with E-state index in [1.165, 1.54) is 29.9 Å². The second-order valence-corrected chi connectivity index (χ2v) is 24.6. The molecular weight excluding hydrogens is 937 g/mol. The summed E-state index contributed by atoms with van der Waals surface area (Å²) in [5.41, 5.74) is 3.88. The standard InChI is InChI=1S/C53H62N10O6S2/c1-6-36-25-62(26-36)37-11-13-38(14-12-37)71(66,67)60-48(65)45-39(15-16-42(55-45)46(64)43-23-34(2)47(59-58-43)57-49-56-41-9-7-8-10-44(41)70-49)40-24-54-63(35(40)3)33-52-28-50(4)27-51(5,29-52)31-53(30-50,32-52)69-22-19-61-17-20-68-21-18-61/h7-16,23-24,36H,6,17-22,25-33H2,1-5H3,(H,60,65)(H,56,57,59). The van der Waals surface area contributed by atoms with Gasteiger partial charge in [-0.05, 0) is 141 Å². The number of thiazole rings is 1. The highest BCUT2D eigenvalue weighted by Crippen LogP contribution is 2.72. The number of rotatable bonds is 16. The average molecular weight is 999 g/mol. The number of hydrogen-bond donors (Lipinski definition) is 2. The van der Waals surface area contributed by atoms with E-state index in [0.29, 0.717) is 46.7 Å². The summed E-state index contributed by atoms with van der Waals surface area (Å²) >= 11 is 1.48. The Kier molecular flexibility index (Phi) is 12.2. The lowest BCUT2D eigenvalue weighted by atomic mass is 9.39. The summed E-state index contributed by atoms with van der Waals surface area (Å²) in [6, 6.07) is 19.1. The van der Waals surface area contributed by atoms with E-state index in [1.54, 1.807) is 36.5 Å². The second-order valence-electron chi connectivity index (χ2n) is 21.9. The molecular formula is C53H62N10O6S2. The number of sulfonamides is 1. The predicted molar refractivity (Wildman–Crippen MR) is 273 cm³/mol. The summed E-state index contributed by atoms with van der Waals surface area (Å²) < 4.78 is 45.9. The maximum Gasteiger partial charge on any atom is 0.284 e. The van der Waals surface area contributed by atoms with Crippen molar-refractivity contribution in [3.63, 3.8) is 0 Å². The number of carbonyl (C=O) groups excluding carboxylic acids is 2. The fourth-order valence-corrected chi connectivity index (χ4v) is 15.3. The number of aryl methyl sites for hydroxylation is 1. The predicted octanol–water partition coefficient (Wildman–Crippen LogP) is 8.37.